The second kappa shape index (κ2) is 9.60. The lowest BCUT2D eigenvalue weighted by Crippen LogP contribution is -2.50. The molecular weight excluding hydrogens is 388 g/mol. The Kier molecular flexibility index (Phi) is 6.46. The molecule has 1 amide bonds. The number of nitrogens with zero attached hydrogens (tertiary/aromatic N) is 4. The molecule has 2 heterocycles. The minimum atomic E-state index is 0.0113. The summed E-state index contributed by atoms with van der Waals surface area (Å²) in [4.78, 5) is 16.5. The van der Waals surface area contributed by atoms with Gasteiger partial charge in [0.05, 0.1) is 5.69 Å². The van der Waals surface area contributed by atoms with Crippen LogP contribution in [0, 0.1) is 6.92 Å². The number of hydrogen-bond acceptors (Lipinski definition) is 5. The molecule has 1 aromatic heterocycles. The van der Waals surface area contributed by atoms with Crippen LogP contribution in [0.15, 0.2) is 60.7 Å². The average Bonchev–Trinajstić information content (AvgIpc) is 2.84. The van der Waals surface area contributed by atoms with E-state index in [1.807, 2.05) is 48.2 Å². The molecule has 6 nitrogen and oxygen atoms in total. The van der Waals surface area contributed by atoms with Crippen LogP contribution >= 0.6 is 0 Å². The van der Waals surface area contributed by atoms with E-state index in [9.17, 15) is 4.79 Å². The second-order valence-corrected chi connectivity index (χ2v) is 7.80. The number of carbonyl (C=O) groups is 1. The van der Waals surface area contributed by atoms with Crippen LogP contribution in [0.3, 0.4) is 0 Å². The van der Waals surface area contributed by atoms with Crippen LogP contribution in [-0.4, -0.2) is 53.8 Å². The molecule has 4 rings (SSSR count). The summed E-state index contributed by atoms with van der Waals surface area (Å²) in [6.45, 7) is 7.00. The van der Waals surface area contributed by atoms with Crippen molar-refractivity contribution in [1.82, 2.24) is 15.1 Å². The summed E-state index contributed by atoms with van der Waals surface area (Å²) in [5.41, 5.74) is 4.42. The quantitative estimate of drug-likeness (QED) is 0.613. The maximum absolute atomic E-state index is 12.5. The third-order valence-electron chi connectivity index (χ3n) is 5.65. The molecule has 1 aliphatic heterocycles. The van der Waals surface area contributed by atoms with Gasteiger partial charge in [0, 0.05) is 31.7 Å². The van der Waals surface area contributed by atoms with Crippen molar-refractivity contribution >= 4 is 11.7 Å². The standard InChI is InChI=1S/C25H28N4O2/c1-3-20-6-8-21(9-7-20)23-12-13-24(27-26-23)28-14-16-29(17-15-28)25(30)18-31-22-10-4-19(2)5-11-22/h4-13H,3,14-18H2,1-2H3. The van der Waals surface area contributed by atoms with Crippen LogP contribution in [0.25, 0.3) is 11.3 Å². The van der Waals surface area contributed by atoms with E-state index < -0.39 is 0 Å². The SMILES string of the molecule is CCc1ccc(-c2ccc(N3CCN(C(=O)COc4ccc(C)cc4)CC3)nn2)cc1. The van der Waals surface area contributed by atoms with Gasteiger partial charge in [-0.3, -0.25) is 4.79 Å². The van der Waals surface area contributed by atoms with Crippen molar-refractivity contribution in [3.8, 4) is 17.0 Å². The third-order valence-corrected chi connectivity index (χ3v) is 5.65. The summed E-state index contributed by atoms with van der Waals surface area (Å²) < 4.78 is 5.63. The van der Waals surface area contributed by atoms with Crippen LogP contribution in [0.1, 0.15) is 18.1 Å². The Hall–Kier alpha value is -3.41. The molecule has 3 aromatic rings. The molecule has 1 fully saturated rings. The molecule has 1 aliphatic rings. The first-order valence-electron chi connectivity index (χ1n) is 10.8. The molecule has 0 radical (unpaired) electrons. The smallest absolute Gasteiger partial charge is 0.260 e. The first-order chi connectivity index (χ1) is 15.1. The second-order valence-electron chi connectivity index (χ2n) is 7.80. The Morgan fingerprint density at radius 2 is 1.61 bits per heavy atom. The van der Waals surface area contributed by atoms with Gasteiger partial charge >= 0.3 is 0 Å². The zero-order valence-corrected chi connectivity index (χ0v) is 18.1. The summed E-state index contributed by atoms with van der Waals surface area (Å²) in [6, 6.07) is 20.2. The van der Waals surface area contributed by atoms with Crippen molar-refractivity contribution in [2.24, 2.45) is 0 Å². The van der Waals surface area contributed by atoms with Gasteiger partial charge in [-0.2, -0.15) is 0 Å². The lowest BCUT2D eigenvalue weighted by molar-refractivity contribution is -0.133. The van der Waals surface area contributed by atoms with Gasteiger partial charge in [-0.15, -0.1) is 10.2 Å². The summed E-state index contributed by atoms with van der Waals surface area (Å²) >= 11 is 0. The third kappa shape index (κ3) is 5.20. The fourth-order valence-corrected chi connectivity index (χ4v) is 3.61. The molecule has 0 bridgehead atoms. The van der Waals surface area contributed by atoms with Gasteiger partial charge < -0.3 is 14.5 Å². The largest absolute Gasteiger partial charge is 0.484 e. The topological polar surface area (TPSA) is 58.6 Å². The average molecular weight is 417 g/mol. The fourth-order valence-electron chi connectivity index (χ4n) is 3.61. The van der Waals surface area contributed by atoms with Gasteiger partial charge in [-0.1, -0.05) is 48.9 Å². The van der Waals surface area contributed by atoms with Gasteiger partial charge in [0.2, 0.25) is 0 Å². The van der Waals surface area contributed by atoms with Crippen LogP contribution in [0.4, 0.5) is 5.82 Å². The van der Waals surface area contributed by atoms with E-state index in [-0.39, 0.29) is 12.5 Å². The van der Waals surface area contributed by atoms with Gasteiger partial charge in [0.1, 0.15) is 5.75 Å². The molecule has 0 atom stereocenters. The number of hydrogen-bond donors (Lipinski definition) is 0. The molecule has 2 aromatic carbocycles. The van der Waals surface area contributed by atoms with Crippen LogP contribution in [0.2, 0.25) is 0 Å². The highest BCUT2D eigenvalue weighted by molar-refractivity contribution is 5.78. The molecule has 160 valence electrons. The van der Waals surface area contributed by atoms with Crippen LogP contribution < -0.4 is 9.64 Å². The lowest BCUT2D eigenvalue weighted by Gasteiger charge is -2.35. The number of benzene rings is 2. The number of amides is 1. The van der Waals surface area contributed by atoms with E-state index in [1.165, 1.54) is 11.1 Å². The van der Waals surface area contributed by atoms with Crippen molar-refractivity contribution in [3.05, 3.63) is 71.8 Å². The summed E-state index contributed by atoms with van der Waals surface area (Å²) in [5.74, 6) is 1.58. The van der Waals surface area contributed by atoms with Gasteiger partial charge in [0.25, 0.3) is 5.91 Å². The predicted molar refractivity (Wildman–Crippen MR) is 122 cm³/mol. The highest BCUT2D eigenvalue weighted by Crippen LogP contribution is 2.20. The van der Waals surface area contributed by atoms with E-state index in [1.54, 1.807) is 0 Å². The summed E-state index contributed by atoms with van der Waals surface area (Å²) in [6.07, 6.45) is 1.03. The number of aromatic nitrogens is 2. The maximum atomic E-state index is 12.5. The molecule has 0 aliphatic carbocycles. The van der Waals surface area contributed by atoms with Crippen molar-refractivity contribution in [3.63, 3.8) is 0 Å². The van der Waals surface area contributed by atoms with Crippen molar-refractivity contribution in [2.45, 2.75) is 20.3 Å². The Balaban J connectivity index is 1.28. The minimum absolute atomic E-state index is 0.0113. The number of anilines is 1. The Bertz CT molecular complexity index is 993. The highest BCUT2D eigenvalue weighted by atomic mass is 16.5. The van der Waals surface area contributed by atoms with Crippen LogP contribution in [0.5, 0.6) is 5.75 Å². The van der Waals surface area contributed by atoms with E-state index in [4.69, 9.17) is 4.74 Å². The zero-order chi connectivity index (χ0) is 21.6. The number of ether oxygens (including phenoxy) is 1. The van der Waals surface area contributed by atoms with Gasteiger partial charge in [0.15, 0.2) is 12.4 Å². The number of rotatable bonds is 6. The fraction of sp³-hybridized carbons (Fsp3) is 0.320. The molecular formula is C25H28N4O2. The number of aryl methyl sites for hydroxylation is 2. The molecule has 0 spiro atoms. The Labute approximate surface area is 183 Å². The van der Waals surface area contributed by atoms with Gasteiger partial charge in [-0.25, -0.2) is 0 Å². The molecule has 1 saturated heterocycles. The van der Waals surface area contributed by atoms with Crippen molar-refractivity contribution in [1.29, 1.82) is 0 Å². The normalized spacial score (nSPS) is 13.9. The molecule has 0 unspecified atom stereocenters. The molecule has 0 N–H and O–H groups in total. The zero-order valence-electron chi connectivity index (χ0n) is 18.1. The Morgan fingerprint density at radius 1 is 0.903 bits per heavy atom. The van der Waals surface area contributed by atoms with Crippen molar-refractivity contribution < 1.29 is 9.53 Å². The highest BCUT2D eigenvalue weighted by Gasteiger charge is 2.22. The predicted octanol–water partition coefficient (Wildman–Crippen LogP) is 3.74. The number of carbonyl (C=O) groups excluding carboxylic acids is 1. The van der Waals surface area contributed by atoms with E-state index >= 15 is 0 Å². The van der Waals surface area contributed by atoms with E-state index in [2.05, 4.69) is 46.3 Å². The molecule has 0 saturated carbocycles. The van der Waals surface area contributed by atoms with Crippen molar-refractivity contribution in [2.75, 3.05) is 37.7 Å². The first-order valence-corrected chi connectivity index (χ1v) is 10.8. The van der Waals surface area contributed by atoms with E-state index in [0.717, 1.165) is 42.3 Å². The van der Waals surface area contributed by atoms with E-state index in [0.29, 0.717) is 13.1 Å². The maximum Gasteiger partial charge on any atom is 0.260 e. The lowest BCUT2D eigenvalue weighted by atomic mass is 10.1. The monoisotopic (exact) mass is 416 g/mol. The van der Waals surface area contributed by atoms with Crippen LogP contribution in [-0.2, 0) is 11.2 Å². The Morgan fingerprint density at radius 3 is 2.23 bits per heavy atom. The summed E-state index contributed by atoms with van der Waals surface area (Å²) in [5, 5.41) is 8.83. The first kappa shape index (κ1) is 20.8. The molecule has 31 heavy (non-hydrogen) atoms. The number of piperazine rings is 1. The summed E-state index contributed by atoms with van der Waals surface area (Å²) in [7, 11) is 0. The van der Waals surface area contributed by atoms with Gasteiger partial charge in [-0.05, 0) is 43.2 Å². The molecule has 6 heteroatoms. The minimum Gasteiger partial charge on any atom is -0.484 e.